The summed E-state index contributed by atoms with van der Waals surface area (Å²) >= 11 is 0. The van der Waals surface area contributed by atoms with Crippen molar-refractivity contribution in [2.45, 2.75) is 24.9 Å². The van der Waals surface area contributed by atoms with E-state index in [1.807, 2.05) is 18.2 Å². The topological polar surface area (TPSA) is 77.6 Å². The molecule has 8 heteroatoms. The summed E-state index contributed by atoms with van der Waals surface area (Å²) in [6, 6.07) is 11.5. The van der Waals surface area contributed by atoms with Crippen LogP contribution < -0.4 is 10.9 Å². The molecule has 2 amide bonds. The number of rotatable bonds is 4. The first-order chi connectivity index (χ1) is 14.1. The van der Waals surface area contributed by atoms with Gasteiger partial charge in [-0.05, 0) is 36.2 Å². The van der Waals surface area contributed by atoms with Crippen LogP contribution in [0.3, 0.4) is 0 Å². The Morgan fingerprint density at radius 1 is 1.03 bits per heavy atom. The number of amides is 2. The van der Waals surface area contributed by atoms with Crippen LogP contribution in [0.25, 0.3) is 0 Å². The van der Waals surface area contributed by atoms with Crippen molar-refractivity contribution in [2.24, 2.45) is 0 Å². The maximum atomic E-state index is 13.3. The molecular formula is C21H24FN5O2. The van der Waals surface area contributed by atoms with E-state index in [2.05, 4.69) is 15.8 Å². The van der Waals surface area contributed by atoms with Crippen LogP contribution >= 0.6 is 0 Å². The molecule has 2 aliphatic rings. The Hall–Kier alpha value is -2.84. The molecule has 1 aromatic heterocycles. The molecule has 0 aliphatic carbocycles. The van der Waals surface area contributed by atoms with Gasteiger partial charge in [-0.1, -0.05) is 18.2 Å². The molecule has 4 rings (SSSR count). The Kier molecular flexibility index (Phi) is 5.82. The quantitative estimate of drug-likeness (QED) is 0.806. The zero-order valence-electron chi connectivity index (χ0n) is 16.1. The van der Waals surface area contributed by atoms with Crippen LogP contribution in [0.5, 0.6) is 0 Å². The number of nitrogens with zero attached hydrogens (tertiary/aromatic N) is 3. The van der Waals surface area contributed by atoms with Gasteiger partial charge in [0.15, 0.2) is 0 Å². The van der Waals surface area contributed by atoms with Crippen molar-refractivity contribution in [2.75, 3.05) is 26.2 Å². The third-order valence-electron chi connectivity index (χ3n) is 5.43. The lowest BCUT2D eigenvalue weighted by Crippen LogP contribution is -2.54. The molecule has 7 nitrogen and oxygen atoms in total. The highest BCUT2D eigenvalue weighted by Gasteiger charge is 2.35. The second-order valence-corrected chi connectivity index (χ2v) is 7.40. The first kappa shape index (κ1) is 19.5. The summed E-state index contributed by atoms with van der Waals surface area (Å²) in [6.45, 7) is 1.98. The van der Waals surface area contributed by atoms with Crippen LogP contribution in [0.15, 0.2) is 48.7 Å². The summed E-state index contributed by atoms with van der Waals surface area (Å²) < 4.78 is 13.3. The maximum absolute atomic E-state index is 13.3. The molecule has 2 aromatic rings. The molecule has 3 heterocycles. The first-order valence-electron chi connectivity index (χ1n) is 9.83. The SMILES string of the molecule is O=C(Cc1cccc(F)c1)N1CCN(C(=O)C2CC(c3ccccn3)NN2)CC1. The van der Waals surface area contributed by atoms with Gasteiger partial charge >= 0.3 is 0 Å². The van der Waals surface area contributed by atoms with Crippen molar-refractivity contribution in [3.8, 4) is 0 Å². The van der Waals surface area contributed by atoms with Gasteiger partial charge in [0, 0.05) is 32.4 Å². The number of aromatic nitrogens is 1. The number of carbonyl (C=O) groups is 2. The minimum absolute atomic E-state index is 0.000662. The summed E-state index contributed by atoms with van der Waals surface area (Å²) in [5, 5.41) is 0. The van der Waals surface area contributed by atoms with E-state index in [0.29, 0.717) is 38.2 Å². The number of hydrazine groups is 1. The van der Waals surface area contributed by atoms with E-state index in [4.69, 9.17) is 0 Å². The molecule has 2 aliphatic heterocycles. The van der Waals surface area contributed by atoms with E-state index >= 15 is 0 Å². The Bertz CT molecular complexity index is 870. The minimum Gasteiger partial charge on any atom is -0.339 e. The van der Waals surface area contributed by atoms with Gasteiger partial charge in [-0.3, -0.25) is 14.6 Å². The summed E-state index contributed by atoms with van der Waals surface area (Å²) in [5.41, 5.74) is 7.79. The molecule has 2 fully saturated rings. The molecule has 0 spiro atoms. The Labute approximate surface area is 168 Å². The molecule has 1 aromatic carbocycles. The lowest BCUT2D eigenvalue weighted by Gasteiger charge is -2.36. The molecule has 2 unspecified atom stereocenters. The van der Waals surface area contributed by atoms with Crippen molar-refractivity contribution < 1.29 is 14.0 Å². The average molecular weight is 397 g/mol. The molecular weight excluding hydrogens is 373 g/mol. The van der Waals surface area contributed by atoms with E-state index < -0.39 is 0 Å². The number of carbonyl (C=O) groups excluding carboxylic acids is 2. The number of benzene rings is 1. The molecule has 0 radical (unpaired) electrons. The number of piperazine rings is 1. The fraction of sp³-hybridized carbons (Fsp3) is 0.381. The molecule has 2 saturated heterocycles. The number of nitrogens with one attached hydrogen (secondary N) is 2. The molecule has 152 valence electrons. The lowest BCUT2D eigenvalue weighted by molar-refractivity contribution is -0.140. The van der Waals surface area contributed by atoms with Gasteiger partial charge in [-0.15, -0.1) is 0 Å². The van der Waals surface area contributed by atoms with Gasteiger partial charge in [-0.25, -0.2) is 15.2 Å². The largest absolute Gasteiger partial charge is 0.339 e. The standard InChI is InChI=1S/C21H24FN5O2/c22-16-5-3-4-15(12-16)13-20(28)26-8-10-27(11-9-26)21(29)19-14-18(24-25-19)17-6-1-2-7-23-17/h1-7,12,18-19,24-25H,8-11,13-14H2. The zero-order valence-corrected chi connectivity index (χ0v) is 16.1. The Balaban J connectivity index is 1.27. The maximum Gasteiger partial charge on any atom is 0.241 e. The molecule has 2 atom stereocenters. The predicted molar refractivity (Wildman–Crippen MR) is 105 cm³/mol. The van der Waals surface area contributed by atoms with E-state index in [1.165, 1.54) is 12.1 Å². The van der Waals surface area contributed by atoms with Gasteiger partial charge in [0.05, 0.1) is 18.2 Å². The van der Waals surface area contributed by atoms with Gasteiger partial charge in [0.25, 0.3) is 0 Å². The normalized spacial score (nSPS) is 22.0. The first-order valence-corrected chi connectivity index (χ1v) is 9.83. The van der Waals surface area contributed by atoms with E-state index in [9.17, 15) is 14.0 Å². The second-order valence-electron chi connectivity index (χ2n) is 7.40. The fourth-order valence-electron chi connectivity index (χ4n) is 3.82. The molecule has 0 saturated carbocycles. The van der Waals surface area contributed by atoms with Gasteiger partial charge < -0.3 is 9.80 Å². The van der Waals surface area contributed by atoms with Gasteiger partial charge in [-0.2, -0.15) is 0 Å². The summed E-state index contributed by atoms with van der Waals surface area (Å²) in [7, 11) is 0. The van der Waals surface area contributed by atoms with Crippen molar-refractivity contribution in [3.63, 3.8) is 0 Å². The third-order valence-corrected chi connectivity index (χ3v) is 5.43. The zero-order chi connectivity index (χ0) is 20.2. The summed E-state index contributed by atoms with van der Waals surface area (Å²) in [4.78, 5) is 33.2. The highest BCUT2D eigenvalue weighted by atomic mass is 19.1. The Morgan fingerprint density at radius 2 is 1.83 bits per heavy atom. The van der Waals surface area contributed by atoms with Crippen molar-refractivity contribution in [3.05, 3.63) is 65.7 Å². The van der Waals surface area contributed by atoms with Crippen LogP contribution in [-0.2, 0) is 16.0 Å². The predicted octanol–water partition coefficient (Wildman–Crippen LogP) is 1.04. The Morgan fingerprint density at radius 3 is 2.55 bits per heavy atom. The fourth-order valence-corrected chi connectivity index (χ4v) is 3.82. The summed E-state index contributed by atoms with van der Waals surface area (Å²) in [6.07, 6.45) is 2.55. The van der Waals surface area contributed by atoms with Crippen molar-refractivity contribution >= 4 is 11.8 Å². The smallest absolute Gasteiger partial charge is 0.241 e. The van der Waals surface area contributed by atoms with Gasteiger partial charge in [0.2, 0.25) is 11.8 Å². The number of halogens is 1. The number of hydrogen-bond donors (Lipinski definition) is 2. The van der Waals surface area contributed by atoms with Crippen LogP contribution in [0.1, 0.15) is 23.7 Å². The lowest BCUT2D eigenvalue weighted by atomic mass is 10.1. The third kappa shape index (κ3) is 4.60. The summed E-state index contributed by atoms with van der Waals surface area (Å²) in [5.74, 6) is -0.348. The average Bonchev–Trinajstić information content (AvgIpc) is 3.24. The second kappa shape index (κ2) is 8.67. The van der Waals surface area contributed by atoms with Crippen LogP contribution in [0.4, 0.5) is 4.39 Å². The van der Waals surface area contributed by atoms with Crippen LogP contribution in [-0.4, -0.2) is 58.8 Å². The number of pyridine rings is 1. The molecule has 2 N–H and O–H groups in total. The van der Waals surface area contributed by atoms with E-state index in [0.717, 1.165) is 5.69 Å². The monoisotopic (exact) mass is 397 g/mol. The van der Waals surface area contributed by atoms with E-state index in [1.54, 1.807) is 28.1 Å². The van der Waals surface area contributed by atoms with Crippen LogP contribution in [0.2, 0.25) is 0 Å². The number of hydrogen-bond acceptors (Lipinski definition) is 5. The highest BCUT2D eigenvalue weighted by Crippen LogP contribution is 2.21. The van der Waals surface area contributed by atoms with Crippen molar-refractivity contribution in [1.82, 2.24) is 25.6 Å². The molecule has 0 bridgehead atoms. The van der Waals surface area contributed by atoms with Crippen molar-refractivity contribution in [1.29, 1.82) is 0 Å². The van der Waals surface area contributed by atoms with E-state index in [-0.39, 0.29) is 36.1 Å². The highest BCUT2D eigenvalue weighted by molar-refractivity contribution is 5.83. The van der Waals surface area contributed by atoms with Crippen LogP contribution in [0, 0.1) is 5.82 Å². The van der Waals surface area contributed by atoms with Gasteiger partial charge in [0.1, 0.15) is 11.9 Å². The minimum atomic E-state index is -0.340. The molecule has 29 heavy (non-hydrogen) atoms.